The number of anilines is 2. The highest BCUT2D eigenvalue weighted by Gasteiger charge is 2.36. The smallest absolute Gasteiger partial charge is 0.294 e. The van der Waals surface area contributed by atoms with Gasteiger partial charge in [-0.25, -0.2) is 8.78 Å². The summed E-state index contributed by atoms with van der Waals surface area (Å²) in [5.74, 6) is -3.20. The number of carbonyl (C=O) groups excluding carboxylic acids is 4. The predicted octanol–water partition coefficient (Wildman–Crippen LogP) is 6.04. The first-order chi connectivity index (χ1) is 19.0. The molecule has 1 aliphatic rings. The zero-order valence-electron chi connectivity index (χ0n) is 21.2. The van der Waals surface area contributed by atoms with Gasteiger partial charge < -0.3 is 15.4 Å². The van der Waals surface area contributed by atoms with Crippen LogP contribution in [0, 0.1) is 25.5 Å². The number of imide groups is 1. The number of aryl methyl sites for hydroxylation is 2. The molecule has 1 aliphatic heterocycles. The van der Waals surface area contributed by atoms with Crippen LogP contribution in [0.2, 0.25) is 0 Å². The molecule has 0 radical (unpaired) electrons. The molecular weight excluding hydrogens is 608 g/mol. The van der Waals surface area contributed by atoms with E-state index in [0.29, 0.717) is 34.8 Å². The fraction of sp³-hybridized carbons (Fsp3) is 0.143. The average molecular weight is 630 g/mol. The fourth-order valence-corrected chi connectivity index (χ4v) is 4.98. The van der Waals surface area contributed by atoms with Crippen LogP contribution in [-0.2, 0) is 14.4 Å². The second-order valence-corrected chi connectivity index (χ2v) is 10.6. The van der Waals surface area contributed by atoms with Crippen LogP contribution in [0.1, 0.15) is 16.7 Å². The van der Waals surface area contributed by atoms with E-state index < -0.39 is 35.2 Å². The summed E-state index contributed by atoms with van der Waals surface area (Å²) in [5, 5.41) is 4.35. The summed E-state index contributed by atoms with van der Waals surface area (Å²) < 4.78 is 33.1. The third-order valence-corrected chi connectivity index (χ3v) is 7.35. The first kappa shape index (κ1) is 29.0. The number of hydrogen-bond acceptors (Lipinski definition) is 6. The molecule has 0 spiro atoms. The predicted molar refractivity (Wildman–Crippen MR) is 152 cm³/mol. The molecule has 40 heavy (non-hydrogen) atoms. The van der Waals surface area contributed by atoms with Gasteiger partial charge in [-0.15, -0.1) is 0 Å². The summed E-state index contributed by atoms with van der Waals surface area (Å²) in [6.07, 6.45) is 1.48. The maximum atomic E-state index is 13.8. The van der Waals surface area contributed by atoms with Crippen molar-refractivity contribution in [3.63, 3.8) is 0 Å². The number of nitrogens with zero attached hydrogens (tertiary/aromatic N) is 1. The lowest BCUT2D eigenvalue weighted by Crippen LogP contribution is -2.36. The molecule has 206 valence electrons. The Morgan fingerprint density at radius 3 is 2.33 bits per heavy atom. The molecule has 4 amide bonds. The molecule has 0 aliphatic carbocycles. The van der Waals surface area contributed by atoms with E-state index in [-0.39, 0.29) is 23.1 Å². The van der Waals surface area contributed by atoms with Gasteiger partial charge in [-0.1, -0.05) is 12.1 Å². The number of carbonyl (C=O) groups is 4. The van der Waals surface area contributed by atoms with Crippen molar-refractivity contribution in [2.45, 2.75) is 13.8 Å². The van der Waals surface area contributed by atoms with Crippen molar-refractivity contribution < 1.29 is 32.7 Å². The van der Waals surface area contributed by atoms with E-state index in [4.69, 9.17) is 4.74 Å². The Labute approximate surface area is 240 Å². The summed E-state index contributed by atoms with van der Waals surface area (Å²) in [5.41, 5.74) is 3.08. The van der Waals surface area contributed by atoms with Crippen LogP contribution in [0.15, 0.2) is 64.0 Å². The summed E-state index contributed by atoms with van der Waals surface area (Å²) >= 11 is 4.09. The molecule has 2 N–H and O–H groups in total. The van der Waals surface area contributed by atoms with Crippen molar-refractivity contribution in [1.82, 2.24) is 4.90 Å². The van der Waals surface area contributed by atoms with Gasteiger partial charge in [-0.2, -0.15) is 0 Å². The van der Waals surface area contributed by atoms with Gasteiger partial charge in [0.25, 0.3) is 17.1 Å². The zero-order chi connectivity index (χ0) is 29.0. The lowest BCUT2D eigenvalue weighted by Gasteiger charge is -2.12. The van der Waals surface area contributed by atoms with E-state index in [0.717, 1.165) is 32.6 Å². The lowest BCUT2D eigenvalue weighted by molar-refractivity contribution is -0.127. The molecule has 1 fully saturated rings. The van der Waals surface area contributed by atoms with Crippen LogP contribution in [-0.4, -0.2) is 41.0 Å². The van der Waals surface area contributed by atoms with Crippen molar-refractivity contribution >= 4 is 68.1 Å². The average Bonchev–Trinajstić information content (AvgIpc) is 3.15. The molecule has 0 saturated carbocycles. The minimum absolute atomic E-state index is 0.0952. The Hall–Kier alpha value is -4.03. The van der Waals surface area contributed by atoms with E-state index in [1.807, 2.05) is 26.0 Å². The number of thioether (sulfide) groups is 1. The maximum absolute atomic E-state index is 13.8. The first-order valence-corrected chi connectivity index (χ1v) is 13.4. The van der Waals surface area contributed by atoms with Gasteiger partial charge in [0, 0.05) is 10.5 Å². The van der Waals surface area contributed by atoms with Crippen molar-refractivity contribution in [3.05, 3.63) is 92.3 Å². The fourth-order valence-electron chi connectivity index (χ4n) is 3.58. The Bertz CT molecular complexity index is 1550. The number of amides is 4. The second kappa shape index (κ2) is 12.4. The number of hydrogen-bond donors (Lipinski definition) is 2. The van der Waals surface area contributed by atoms with Gasteiger partial charge in [0.15, 0.2) is 6.61 Å². The van der Waals surface area contributed by atoms with Crippen LogP contribution >= 0.6 is 27.7 Å². The largest absolute Gasteiger partial charge is 0.484 e. The van der Waals surface area contributed by atoms with Crippen molar-refractivity contribution in [2.75, 3.05) is 23.8 Å². The van der Waals surface area contributed by atoms with Gasteiger partial charge in [-0.05, 0) is 101 Å². The third kappa shape index (κ3) is 7.13. The van der Waals surface area contributed by atoms with Gasteiger partial charge in [-0.3, -0.25) is 24.1 Å². The van der Waals surface area contributed by atoms with E-state index in [1.165, 1.54) is 6.08 Å². The monoisotopic (exact) mass is 629 g/mol. The number of rotatable bonds is 8. The molecule has 0 bridgehead atoms. The van der Waals surface area contributed by atoms with Gasteiger partial charge in [0.2, 0.25) is 5.91 Å². The standard InChI is InChI=1S/C28H22BrF2N3O5S/c1-15-9-20(29)23(10-16(15)2)33-26(36)14-39-19-6-3-17(4-7-19)11-24-27(37)34(28(38)40-24)13-25(35)32-22-8-5-18(30)12-21(22)31/h3-12H,13-14H2,1-2H3,(H,32,35)(H,33,36)/b24-11+. The highest BCUT2D eigenvalue weighted by atomic mass is 79.9. The van der Waals surface area contributed by atoms with Crippen molar-refractivity contribution in [2.24, 2.45) is 0 Å². The Balaban J connectivity index is 1.32. The minimum Gasteiger partial charge on any atom is -0.484 e. The Kier molecular flexibility index (Phi) is 9.00. The number of benzene rings is 3. The number of halogens is 3. The van der Waals surface area contributed by atoms with Crippen molar-refractivity contribution in [1.29, 1.82) is 0 Å². The summed E-state index contributed by atoms with van der Waals surface area (Å²) in [4.78, 5) is 50.5. The van der Waals surface area contributed by atoms with Gasteiger partial charge in [0.1, 0.15) is 23.9 Å². The molecule has 0 aromatic heterocycles. The molecule has 3 aromatic rings. The van der Waals surface area contributed by atoms with Crippen LogP contribution in [0.3, 0.4) is 0 Å². The molecule has 12 heteroatoms. The van der Waals surface area contributed by atoms with Crippen LogP contribution in [0.4, 0.5) is 25.0 Å². The molecule has 4 rings (SSSR count). The van der Waals surface area contributed by atoms with E-state index in [1.54, 1.807) is 24.3 Å². The molecule has 1 heterocycles. The summed E-state index contributed by atoms with van der Waals surface area (Å²) in [7, 11) is 0. The quantitative estimate of drug-likeness (QED) is 0.295. The molecule has 1 saturated heterocycles. The van der Waals surface area contributed by atoms with E-state index >= 15 is 0 Å². The lowest BCUT2D eigenvalue weighted by atomic mass is 10.1. The number of ether oxygens (including phenoxy) is 1. The topological polar surface area (TPSA) is 105 Å². The molecule has 3 aromatic carbocycles. The zero-order valence-corrected chi connectivity index (χ0v) is 23.6. The van der Waals surface area contributed by atoms with E-state index in [9.17, 15) is 28.0 Å². The van der Waals surface area contributed by atoms with E-state index in [2.05, 4.69) is 26.6 Å². The number of nitrogens with one attached hydrogen (secondary N) is 2. The molecule has 0 atom stereocenters. The van der Waals surface area contributed by atoms with Crippen molar-refractivity contribution in [3.8, 4) is 5.75 Å². The second-order valence-electron chi connectivity index (χ2n) is 8.76. The molecular formula is C28H22BrF2N3O5S. The molecule has 0 unspecified atom stereocenters. The highest BCUT2D eigenvalue weighted by Crippen LogP contribution is 2.32. The van der Waals surface area contributed by atoms with Crippen LogP contribution in [0.25, 0.3) is 6.08 Å². The first-order valence-electron chi connectivity index (χ1n) is 11.8. The summed E-state index contributed by atoms with van der Waals surface area (Å²) in [6.45, 7) is 3.07. The maximum Gasteiger partial charge on any atom is 0.294 e. The summed E-state index contributed by atoms with van der Waals surface area (Å²) in [6, 6.07) is 12.9. The normalized spacial score (nSPS) is 14.0. The van der Waals surface area contributed by atoms with Gasteiger partial charge >= 0.3 is 0 Å². The van der Waals surface area contributed by atoms with Gasteiger partial charge in [0.05, 0.1) is 16.3 Å². The molecule has 8 nitrogen and oxygen atoms in total. The van der Waals surface area contributed by atoms with Crippen LogP contribution in [0.5, 0.6) is 5.75 Å². The highest BCUT2D eigenvalue weighted by molar-refractivity contribution is 9.10. The Morgan fingerprint density at radius 1 is 0.950 bits per heavy atom. The minimum atomic E-state index is -0.982. The SMILES string of the molecule is Cc1cc(Br)c(NC(=O)COc2ccc(/C=C3/SC(=O)N(CC(=O)Nc4ccc(F)cc4F)C3=O)cc2)cc1C. The Morgan fingerprint density at radius 2 is 1.62 bits per heavy atom. The third-order valence-electron chi connectivity index (χ3n) is 5.79. The van der Waals surface area contributed by atoms with Crippen LogP contribution < -0.4 is 15.4 Å².